The highest BCUT2D eigenvalue weighted by Crippen LogP contribution is 2.57. The number of nitrogens with one attached hydrogen (secondary N) is 2. The minimum absolute atomic E-state index is 0. The van der Waals surface area contributed by atoms with E-state index >= 15 is 0 Å². The van der Waals surface area contributed by atoms with Crippen LogP contribution in [0.4, 0.5) is 0 Å². The summed E-state index contributed by atoms with van der Waals surface area (Å²) in [6, 6.07) is 0. The van der Waals surface area contributed by atoms with E-state index in [1.54, 1.807) is 0 Å². The van der Waals surface area contributed by atoms with Crippen molar-refractivity contribution in [1.82, 2.24) is 10.6 Å². The van der Waals surface area contributed by atoms with Gasteiger partial charge in [0.05, 0.1) is 0 Å². The molecule has 2 saturated carbocycles. The monoisotopic (exact) mass is 272 g/mol. The third kappa shape index (κ3) is 3.00. The highest BCUT2D eigenvalue weighted by atomic mass is 35.5. The SMILES string of the molecule is Cl.O=C(NCCC1CCCNC1)C1C2CCCC21. The Morgan fingerprint density at radius 2 is 1.94 bits per heavy atom. The summed E-state index contributed by atoms with van der Waals surface area (Å²) >= 11 is 0. The van der Waals surface area contributed by atoms with E-state index in [0.29, 0.717) is 11.8 Å². The highest BCUT2D eigenvalue weighted by Gasteiger charge is 2.56. The summed E-state index contributed by atoms with van der Waals surface area (Å²) in [4.78, 5) is 11.9. The van der Waals surface area contributed by atoms with Crippen molar-refractivity contribution in [2.75, 3.05) is 19.6 Å². The second-order valence-electron chi connectivity index (χ2n) is 6.08. The number of carbonyl (C=O) groups is 1. The number of rotatable bonds is 4. The fourth-order valence-corrected chi connectivity index (χ4v) is 3.90. The average Bonchev–Trinajstić information content (AvgIpc) is 2.84. The third-order valence-corrected chi connectivity index (χ3v) is 4.96. The molecule has 104 valence electrons. The molecule has 0 radical (unpaired) electrons. The van der Waals surface area contributed by atoms with Gasteiger partial charge in [-0.2, -0.15) is 0 Å². The largest absolute Gasteiger partial charge is 0.356 e. The molecule has 3 unspecified atom stereocenters. The van der Waals surface area contributed by atoms with Gasteiger partial charge < -0.3 is 10.6 Å². The summed E-state index contributed by atoms with van der Waals surface area (Å²) in [5.41, 5.74) is 0. The molecule has 3 atom stereocenters. The van der Waals surface area contributed by atoms with E-state index in [-0.39, 0.29) is 12.4 Å². The van der Waals surface area contributed by atoms with Crippen molar-refractivity contribution in [2.24, 2.45) is 23.7 Å². The van der Waals surface area contributed by atoms with Gasteiger partial charge in [0.1, 0.15) is 0 Å². The van der Waals surface area contributed by atoms with E-state index in [1.807, 2.05) is 0 Å². The van der Waals surface area contributed by atoms with Gasteiger partial charge in [0.15, 0.2) is 0 Å². The molecule has 0 bridgehead atoms. The van der Waals surface area contributed by atoms with Crippen molar-refractivity contribution in [3.05, 3.63) is 0 Å². The summed E-state index contributed by atoms with van der Waals surface area (Å²) in [5.74, 6) is 3.04. The molecule has 2 N–H and O–H groups in total. The van der Waals surface area contributed by atoms with Gasteiger partial charge in [-0.05, 0) is 62.9 Å². The predicted molar refractivity (Wildman–Crippen MR) is 74.8 cm³/mol. The zero-order valence-electron chi connectivity index (χ0n) is 11.0. The predicted octanol–water partition coefficient (Wildman–Crippen LogP) is 1.96. The number of carbonyl (C=O) groups excluding carboxylic acids is 1. The van der Waals surface area contributed by atoms with E-state index in [0.717, 1.165) is 37.3 Å². The number of fused-ring (bicyclic) bond motifs is 1. The highest BCUT2D eigenvalue weighted by molar-refractivity contribution is 5.85. The van der Waals surface area contributed by atoms with Crippen molar-refractivity contribution in [2.45, 2.75) is 38.5 Å². The quantitative estimate of drug-likeness (QED) is 0.822. The Morgan fingerprint density at radius 1 is 1.17 bits per heavy atom. The lowest BCUT2D eigenvalue weighted by atomic mass is 9.96. The Bertz CT molecular complexity index is 282. The Kier molecular flexibility index (Phi) is 4.91. The molecule has 0 aromatic rings. The zero-order valence-corrected chi connectivity index (χ0v) is 11.8. The Labute approximate surface area is 116 Å². The Balaban J connectivity index is 0.00000120. The maximum atomic E-state index is 11.9. The lowest BCUT2D eigenvalue weighted by molar-refractivity contribution is -0.123. The number of piperidine rings is 1. The van der Waals surface area contributed by atoms with Crippen LogP contribution < -0.4 is 10.6 Å². The molecule has 0 spiro atoms. The maximum absolute atomic E-state index is 11.9. The first-order valence-electron chi connectivity index (χ1n) is 7.34. The molecule has 0 aromatic carbocycles. The van der Waals surface area contributed by atoms with E-state index in [4.69, 9.17) is 0 Å². The zero-order chi connectivity index (χ0) is 11.7. The first-order valence-corrected chi connectivity index (χ1v) is 7.34. The molecule has 3 fully saturated rings. The number of hydrogen-bond acceptors (Lipinski definition) is 2. The first kappa shape index (κ1) is 14.1. The molecule has 4 heteroatoms. The van der Waals surface area contributed by atoms with Crippen LogP contribution >= 0.6 is 12.4 Å². The summed E-state index contributed by atoms with van der Waals surface area (Å²) in [5, 5.41) is 6.58. The standard InChI is InChI=1S/C14H24N2O.ClH/c17-14(13-11-4-1-5-12(11)13)16-8-6-10-3-2-7-15-9-10;/h10-13,15H,1-9H2,(H,16,17);1H. The average molecular weight is 273 g/mol. The van der Waals surface area contributed by atoms with Crippen LogP contribution in [-0.4, -0.2) is 25.5 Å². The Morgan fingerprint density at radius 3 is 2.61 bits per heavy atom. The van der Waals surface area contributed by atoms with Crippen LogP contribution in [0, 0.1) is 23.7 Å². The molecule has 3 aliphatic rings. The van der Waals surface area contributed by atoms with Gasteiger partial charge in [-0.3, -0.25) is 4.79 Å². The van der Waals surface area contributed by atoms with Crippen LogP contribution in [0.25, 0.3) is 0 Å². The number of amides is 1. The van der Waals surface area contributed by atoms with Crippen molar-refractivity contribution in [1.29, 1.82) is 0 Å². The molecule has 2 aliphatic carbocycles. The molecule has 3 nitrogen and oxygen atoms in total. The second kappa shape index (κ2) is 6.25. The first-order chi connectivity index (χ1) is 8.36. The number of halogens is 1. The molecule has 1 aliphatic heterocycles. The third-order valence-electron chi connectivity index (χ3n) is 4.96. The summed E-state index contributed by atoms with van der Waals surface area (Å²) in [6.45, 7) is 3.21. The van der Waals surface area contributed by atoms with Crippen LogP contribution in [0.15, 0.2) is 0 Å². The fraction of sp³-hybridized carbons (Fsp3) is 0.929. The minimum atomic E-state index is 0. The van der Waals surface area contributed by atoms with Crippen LogP contribution in [0.5, 0.6) is 0 Å². The van der Waals surface area contributed by atoms with E-state index < -0.39 is 0 Å². The van der Waals surface area contributed by atoms with Gasteiger partial charge >= 0.3 is 0 Å². The molecule has 1 amide bonds. The smallest absolute Gasteiger partial charge is 0.223 e. The van der Waals surface area contributed by atoms with Gasteiger partial charge in [0.25, 0.3) is 0 Å². The van der Waals surface area contributed by atoms with E-state index in [9.17, 15) is 4.79 Å². The van der Waals surface area contributed by atoms with Crippen LogP contribution in [-0.2, 0) is 4.79 Å². The summed E-state index contributed by atoms with van der Waals surface area (Å²) in [6.07, 6.45) is 7.74. The summed E-state index contributed by atoms with van der Waals surface area (Å²) < 4.78 is 0. The topological polar surface area (TPSA) is 41.1 Å². The molecule has 18 heavy (non-hydrogen) atoms. The van der Waals surface area contributed by atoms with Crippen molar-refractivity contribution in [3.8, 4) is 0 Å². The lowest BCUT2D eigenvalue weighted by Gasteiger charge is -2.22. The van der Waals surface area contributed by atoms with Gasteiger partial charge in [0, 0.05) is 12.5 Å². The lowest BCUT2D eigenvalue weighted by Crippen LogP contribution is -2.34. The molecule has 1 heterocycles. The van der Waals surface area contributed by atoms with Gasteiger partial charge in [-0.15, -0.1) is 12.4 Å². The Hall–Kier alpha value is -0.280. The van der Waals surface area contributed by atoms with Crippen molar-refractivity contribution in [3.63, 3.8) is 0 Å². The molecule has 3 rings (SSSR count). The maximum Gasteiger partial charge on any atom is 0.223 e. The van der Waals surface area contributed by atoms with E-state index in [1.165, 1.54) is 38.6 Å². The molecular weight excluding hydrogens is 248 g/mol. The van der Waals surface area contributed by atoms with E-state index in [2.05, 4.69) is 10.6 Å². The molecular formula is C14H25ClN2O. The second-order valence-corrected chi connectivity index (χ2v) is 6.08. The van der Waals surface area contributed by atoms with Crippen LogP contribution in [0.2, 0.25) is 0 Å². The van der Waals surface area contributed by atoms with Crippen LogP contribution in [0.3, 0.4) is 0 Å². The minimum Gasteiger partial charge on any atom is -0.356 e. The molecule has 1 saturated heterocycles. The number of hydrogen-bond donors (Lipinski definition) is 2. The normalized spacial score (nSPS) is 37.6. The van der Waals surface area contributed by atoms with Gasteiger partial charge in [-0.1, -0.05) is 6.42 Å². The van der Waals surface area contributed by atoms with Crippen molar-refractivity contribution < 1.29 is 4.79 Å². The summed E-state index contributed by atoms with van der Waals surface area (Å²) in [7, 11) is 0. The molecule has 0 aromatic heterocycles. The van der Waals surface area contributed by atoms with Crippen molar-refractivity contribution >= 4 is 18.3 Å². The van der Waals surface area contributed by atoms with Gasteiger partial charge in [0.2, 0.25) is 5.91 Å². The fourth-order valence-electron chi connectivity index (χ4n) is 3.90. The van der Waals surface area contributed by atoms with Crippen LogP contribution in [0.1, 0.15) is 38.5 Å². The van der Waals surface area contributed by atoms with Gasteiger partial charge in [-0.25, -0.2) is 0 Å².